The molecule has 1 aromatic carbocycles. The smallest absolute Gasteiger partial charge is 0.262 e. The normalized spacial score (nSPS) is 11.7. The molecular weight excluding hydrogens is 364 g/mol. The second-order valence-corrected chi connectivity index (χ2v) is 7.13. The van der Waals surface area contributed by atoms with Gasteiger partial charge in [-0.1, -0.05) is 19.9 Å². The molecule has 2 aromatic rings. The first-order valence-electron chi connectivity index (χ1n) is 9.01. The fraction of sp³-hybridized carbons (Fsp3) is 0.400. The molecule has 0 bridgehead atoms. The Morgan fingerprint density at radius 3 is 2.44 bits per heavy atom. The highest BCUT2D eigenvalue weighted by Crippen LogP contribution is 2.30. The van der Waals surface area contributed by atoms with Gasteiger partial charge in [-0.3, -0.25) is 9.59 Å². The van der Waals surface area contributed by atoms with Crippen LogP contribution < -0.4 is 20.1 Å². The number of benzene rings is 1. The van der Waals surface area contributed by atoms with Crippen LogP contribution in [-0.2, 0) is 4.79 Å². The summed E-state index contributed by atoms with van der Waals surface area (Å²) in [6.07, 6.45) is 0. The number of hydrogen-bond acceptors (Lipinski definition) is 5. The van der Waals surface area contributed by atoms with Gasteiger partial charge in [-0.05, 0) is 43.3 Å². The highest BCUT2D eigenvalue weighted by Gasteiger charge is 2.26. The fourth-order valence-corrected chi connectivity index (χ4v) is 3.14. The molecule has 6 nitrogen and oxygen atoms in total. The topological polar surface area (TPSA) is 76.7 Å². The van der Waals surface area contributed by atoms with E-state index in [-0.39, 0.29) is 17.7 Å². The third-order valence-corrected chi connectivity index (χ3v) is 4.67. The van der Waals surface area contributed by atoms with Crippen LogP contribution in [0.3, 0.4) is 0 Å². The van der Waals surface area contributed by atoms with Gasteiger partial charge in [-0.25, -0.2) is 0 Å². The Kier molecular flexibility index (Phi) is 7.67. The summed E-state index contributed by atoms with van der Waals surface area (Å²) in [6.45, 7) is 8.54. The molecule has 1 atom stereocenters. The standard InChI is InChI=1S/C20H26N2O4S/c1-5-25-14-9-10-16(26-6-2)15(12-14)21-20(24)18(13(3)4)22-19(23)17-8-7-11-27-17/h7-13,18H,5-6H2,1-4H3,(H,21,24)(H,22,23). The number of rotatable bonds is 9. The van der Waals surface area contributed by atoms with Crippen molar-refractivity contribution in [3.05, 3.63) is 40.6 Å². The number of ether oxygens (including phenoxy) is 2. The molecule has 2 rings (SSSR count). The van der Waals surface area contributed by atoms with Crippen molar-refractivity contribution in [3.63, 3.8) is 0 Å². The van der Waals surface area contributed by atoms with Gasteiger partial charge >= 0.3 is 0 Å². The van der Waals surface area contributed by atoms with E-state index in [4.69, 9.17) is 9.47 Å². The Morgan fingerprint density at radius 2 is 1.85 bits per heavy atom. The predicted octanol–water partition coefficient (Wildman–Crippen LogP) is 3.94. The average Bonchev–Trinajstić information content (AvgIpc) is 3.16. The van der Waals surface area contributed by atoms with Crippen LogP contribution in [-0.4, -0.2) is 31.1 Å². The van der Waals surface area contributed by atoms with E-state index in [0.717, 1.165) is 0 Å². The largest absolute Gasteiger partial charge is 0.494 e. The van der Waals surface area contributed by atoms with Crippen molar-refractivity contribution in [2.24, 2.45) is 5.92 Å². The van der Waals surface area contributed by atoms with E-state index < -0.39 is 6.04 Å². The molecule has 1 unspecified atom stereocenters. The number of thiophene rings is 1. The molecule has 27 heavy (non-hydrogen) atoms. The maximum atomic E-state index is 12.9. The molecule has 2 amide bonds. The molecule has 0 aliphatic carbocycles. The number of anilines is 1. The lowest BCUT2D eigenvalue weighted by Crippen LogP contribution is -2.47. The van der Waals surface area contributed by atoms with E-state index in [1.165, 1.54) is 11.3 Å². The number of carbonyl (C=O) groups excluding carboxylic acids is 2. The fourth-order valence-electron chi connectivity index (χ4n) is 2.51. The van der Waals surface area contributed by atoms with Crippen molar-refractivity contribution < 1.29 is 19.1 Å². The zero-order chi connectivity index (χ0) is 19.8. The van der Waals surface area contributed by atoms with Gasteiger partial charge in [0.2, 0.25) is 5.91 Å². The van der Waals surface area contributed by atoms with Gasteiger partial charge in [0, 0.05) is 6.07 Å². The van der Waals surface area contributed by atoms with Crippen LogP contribution in [0.15, 0.2) is 35.7 Å². The second-order valence-electron chi connectivity index (χ2n) is 6.19. The Balaban J connectivity index is 2.18. The van der Waals surface area contributed by atoms with Crippen molar-refractivity contribution in [1.82, 2.24) is 5.32 Å². The summed E-state index contributed by atoms with van der Waals surface area (Å²) in [5, 5.41) is 7.51. The van der Waals surface area contributed by atoms with Gasteiger partial charge < -0.3 is 20.1 Å². The molecule has 1 heterocycles. The maximum absolute atomic E-state index is 12.9. The minimum atomic E-state index is -0.676. The summed E-state index contributed by atoms with van der Waals surface area (Å²) in [7, 11) is 0. The first kappa shape index (κ1) is 20.8. The third kappa shape index (κ3) is 5.72. The number of hydrogen-bond donors (Lipinski definition) is 2. The lowest BCUT2D eigenvalue weighted by Gasteiger charge is -2.22. The minimum absolute atomic E-state index is 0.0838. The molecule has 0 saturated heterocycles. The highest BCUT2D eigenvalue weighted by molar-refractivity contribution is 7.12. The SMILES string of the molecule is CCOc1ccc(OCC)c(NC(=O)C(NC(=O)c2cccs2)C(C)C)c1. The summed E-state index contributed by atoms with van der Waals surface area (Å²) in [4.78, 5) is 25.8. The number of amides is 2. The van der Waals surface area contributed by atoms with E-state index in [1.54, 1.807) is 30.3 Å². The Bertz CT molecular complexity index is 759. The molecular formula is C20H26N2O4S. The molecule has 0 aliphatic rings. The van der Waals surface area contributed by atoms with Crippen LogP contribution in [0.5, 0.6) is 11.5 Å². The average molecular weight is 391 g/mol. The van der Waals surface area contributed by atoms with Crippen molar-refractivity contribution in [2.75, 3.05) is 18.5 Å². The van der Waals surface area contributed by atoms with Gasteiger partial charge in [0.25, 0.3) is 5.91 Å². The van der Waals surface area contributed by atoms with Crippen molar-refractivity contribution in [3.8, 4) is 11.5 Å². The molecule has 0 radical (unpaired) electrons. The molecule has 2 N–H and O–H groups in total. The quantitative estimate of drug-likeness (QED) is 0.680. The van der Waals surface area contributed by atoms with Gasteiger partial charge in [-0.15, -0.1) is 11.3 Å². The van der Waals surface area contributed by atoms with Crippen molar-refractivity contribution in [2.45, 2.75) is 33.7 Å². The van der Waals surface area contributed by atoms with Crippen LogP contribution in [0, 0.1) is 5.92 Å². The van der Waals surface area contributed by atoms with Crippen molar-refractivity contribution in [1.29, 1.82) is 0 Å². The first-order valence-corrected chi connectivity index (χ1v) is 9.89. The minimum Gasteiger partial charge on any atom is -0.494 e. The molecule has 0 saturated carbocycles. The summed E-state index contributed by atoms with van der Waals surface area (Å²) >= 11 is 1.34. The summed E-state index contributed by atoms with van der Waals surface area (Å²) in [6, 6.07) is 8.14. The molecule has 1 aromatic heterocycles. The summed E-state index contributed by atoms with van der Waals surface area (Å²) in [5.74, 6) is 0.553. The van der Waals surface area contributed by atoms with Crippen LogP contribution in [0.25, 0.3) is 0 Å². The van der Waals surface area contributed by atoms with Crippen LogP contribution in [0.4, 0.5) is 5.69 Å². The Labute approximate surface area is 163 Å². The second kappa shape index (κ2) is 9.97. The summed E-state index contributed by atoms with van der Waals surface area (Å²) in [5.41, 5.74) is 0.517. The van der Waals surface area contributed by atoms with Crippen LogP contribution in [0.1, 0.15) is 37.4 Å². The van der Waals surface area contributed by atoms with E-state index >= 15 is 0 Å². The molecule has 0 fully saturated rings. The Morgan fingerprint density at radius 1 is 1.11 bits per heavy atom. The number of nitrogens with one attached hydrogen (secondary N) is 2. The van der Waals surface area contributed by atoms with E-state index in [1.807, 2.05) is 33.1 Å². The maximum Gasteiger partial charge on any atom is 0.262 e. The molecule has 7 heteroatoms. The zero-order valence-electron chi connectivity index (χ0n) is 16.1. The molecule has 146 valence electrons. The van der Waals surface area contributed by atoms with E-state index in [9.17, 15) is 9.59 Å². The highest BCUT2D eigenvalue weighted by atomic mass is 32.1. The van der Waals surface area contributed by atoms with Crippen LogP contribution >= 0.6 is 11.3 Å². The monoisotopic (exact) mass is 390 g/mol. The molecule has 0 spiro atoms. The number of carbonyl (C=O) groups is 2. The van der Waals surface area contributed by atoms with Gasteiger partial charge in [0.15, 0.2) is 0 Å². The van der Waals surface area contributed by atoms with E-state index in [0.29, 0.717) is 35.3 Å². The molecule has 0 aliphatic heterocycles. The first-order chi connectivity index (χ1) is 13.0. The zero-order valence-corrected chi connectivity index (χ0v) is 16.9. The van der Waals surface area contributed by atoms with E-state index in [2.05, 4.69) is 10.6 Å². The predicted molar refractivity (Wildman–Crippen MR) is 108 cm³/mol. The van der Waals surface area contributed by atoms with Crippen molar-refractivity contribution >= 4 is 28.8 Å². The Hall–Kier alpha value is -2.54. The lowest BCUT2D eigenvalue weighted by atomic mass is 10.0. The van der Waals surface area contributed by atoms with Crippen LogP contribution in [0.2, 0.25) is 0 Å². The summed E-state index contributed by atoms with van der Waals surface area (Å²) < 4.78 is 11.1. The van der Waals surface area contributed by atoms with Gasteiger partial charge in [-0.2, -0.15) is 0 Å². The third-order valence-electron chi connectivity index (χ3n) is 3.80. The lowest BCUT2D eigenvalue weighted by molar-refractivity contribution is -0.118. The van der Waals surface area contributed by atoms with Gasteiger partial charge in [0.1, 0.15) is 17.5 Å². The van der Waals surface area contributed by atoms with Gasteiger partial charge in [0.05, 0.1) is 23.8 Å².